The van der Waals surface area contributed by atoms with Gasteiger partial charge in [-0.05, 0) is 43.2 Å². The standard InChI is InChI=1S/C21H17FN2O4/c1-3-21(27)15-7-17-18-13(8-24(17)19(25)14(15)9-28-20(21)26)10(2)12-6-11(22)4-5-16(12)23-18/h4-7,27H,3,8-9H2,1-2H3/t21-/m0/s1. The summed E-state index contributed by atoms with van der Waals surface area (Å²) in [4.78, 5) is 30.0. The Morgan fingerprint density at radius 2 is 2.07 bits per heavy atom. The third-order valence-corrected chi connectivity index (χ3v) is 5.94. The van der Waals surface area contributed by atoms with Gasteiger partial charge >= 0.3 is 5.97 Å². The predicted molar refractivity (Wildman–Crippen MR) is 99.2 cm³/mol. The fraction of sp³-hybridized carbons (Fsp3) is 0.286. The van der Waals surface area contributed by atoms with Gasteiger partial charge in [0.05, 0.1) is 29.0 Å². The lowest BCUT2D eigenvalue weighted by Crippen LogP contribution is -2.44. The lowest BCUT2D eigenvalue weighted by atomic mass is 9.86. The first-order valence-corrected chi connectivity index (χ1v) is 9.11. The van der Waals surface area contributed by atoms with E-state index < -0.39 is 11.6 Å². The van der Waals surface area contributed by atoms with Crippen LogP contribution in [0, 0.1) is 12.7 Å². The highest BCUT2D eigenvalue weighted by Crippen LogP contribution is 2.39. The molecule has 6 nitrogen and oxygen atoms in total. The smallest absolute Gasteiger partial charge is 0.343 e. The van der Waals surface area contributed by atoms with E-state index in [0.717, 1.165) is 11.1 Å². The molecular formula is C21H17FN2O4. The minimum absolute atomic E-state index is 0.0953. The third-order valence-electron chi connectivity index (χ3n) is 5.94. The number of carbonyl (C=O) groups excluding carboxylic acids is 1. The van der Waals surface area contributed by atoms with E-state index in [1.54, 1.807) is 23.6 Å². The van der Waals surface area contributed by atoms with E-state index in [9.17, 15) is 19.1 Å². The molecule has 1 atom stereocenters. The zero-order valence-electron chi connectivity index (χ0n) is 15.4. The van der Waals surface area contributed by atoms with Crippen LogP contribution in [0.1, 0.15) is 35.6 Å². The number of pyridine rings is 2. The Labute approximate surface area is 159 Å². The third kappa shape index (κ3) is 2.02. The van der Waals surface area contributed by atoms with Crippen LogP contribution in [0.4, 0.5) is 4.39 Å². The maximum atomic E-state index is 13.7. The summed E-state index contributed by atoms with van der Waals surface area (Å²) in [6.07, 6.45) is 0.0953. The summed E-state index contributed by atoms with van der Waals surface area (Å²) in [7, 11) is 0. The number of ether oxygens (including phenoxy) is 1. The lowest BCUT2D eigenvalue weighted by Gasteiger charge is -2.31. The molecule has 0 bridgehead atoms. The highest BCUT2D eigenvalue weighted by Gasteiger charge is 2.45. The summed E-state index contributed by atoms with van der Waals surface area (Å²) in [6.45, 7) is 3.69. The van der Waals surface area contributed by atoms with E-state index in [-0.39, 0.29) is 35.5 Å². The molecule has 0 saturated heterocycles. The van der Waals surface area contributed by atoms with Crippen molar-refractivity contribution in [3.05, 3.63) is 62.7 Å². The van der Waals surface area contributed by atoms with Gasteiger partial charge in [0.2, 0.25) is 0 Å². The van der Waals surface area contributed by atoms with Gasteiger partial charge in [0, 0.05) is 16.5 Å². The second-order valence-corrected chi connectivity index (χ2v) is 7.33. The van der Waals surface area contributed by atoms with E-state index in [0.29, 0.717) is 28.8 Å². The number of nitrogens with zero attached hydrogens (tertiary/aromatic N) is 2. The minimum Gasteiger partial charge on any atom is -0.458 e. The topological polar surface area (TPSA) is 81.4 Å². The van der Waals surface area contributed by atoms with Gasteiger partial charge in [-0.1, -0.05) is 6.92 Å². The van der Waals surface area contributed by atoms with Crippen molar-refractivity contribution in [3.63, 3.8) is 0 Å². The van der Waals surface area contributed by atoms with Gasteiger partial charge in [0.25, 0.3) is 5.56 Å². The number of cyclic esters (lactones) is 1. The number of hydrogen-bond acceptors (Lipinski definition) is 5. The molecule has 0 aliphatic carbocycles. The Balaban J connectivity index is 1.83. The van der Waals surface area contributed by atoms with Crippen molar-refractivity contribution >= 4 is 16.9 Å². The van der Waals surface area contributed by atoms with E-state index in [2.05, 4.69) is 4.98 Å². The van der Waals surface area contributed by atoms with Crippen LogP contribution in [-0.4, -0.2) is 20.6 Å². The Kier molecular flexibility index (Phi) is 3.34. The molecule has 0 saturated carbocycles. The molecule has 1 aromatic carbocycles. The fourth-order valence-corrected chi connectivity index (χ4v) is 4.25. The largest absolute Gasteiger partial charge is 0.458 e. The molecule has 0 fully saturated rings. The number of hydrogen-bond donors (Lipinski definition) is 1. The summed E-state index contributed by atoms with van der Waals surface area (Å²) in [5, 5.41) is 11.6. The minimum atomic E-state index is -1.85. The molecule has 7 heteroatoms. The number of aliphatic hydroxyl groups is 1. The summed E-state index contributed by atoms with van der Waals surface area (Å²) in [5.41, 5.74) is 1.91. The molecule has 142 valence electrons. The SMILES string of the molecule is CC[C@@]1(O)C(=O)OCc2c1cc1n(c2=O)Cc2c-1nc1ccc(F)cc1c2C. The van der Waals surface area contributed by atoms with Crippen LogP contribution in [0.3, 0.4) is 0 Å². The number of fused-ring (bicyclic) bond motifs is 5. The molecule has 0 radical (unpaired) electrons. The summed E-state index contributed by atoms with van der Waals surface area (Å²) in [6, 6.07) is 6.07. The first-order valence-electron chi connectivity index (χ1n) is 9.11. The van der Waals surface area contributed by atoms with E-state index >= 15 is 0 Å². The van der Waals surface area contributed by atoms with Gasteiger partial charge in [0.1, 0.15) is 12.4 Å². The Morgan fingerprint density at radius 3 is 2.82 bits per heavy atom. The van der Waals surface area contributed by atoms with Gasteiger partial charge in [-0.2, -0.15) is 0 Å². The zero-order chi connectivity index (χ0) is 19.8. The van der Waals surface area contributed by atoms with Crippen molar-refractivity contribution in [2.24, 2.45) is 0 Å². The number of halogens is 1. The van der Waals surface area contributed by atoms with Crippen LogP contribution in [-0.2, 0) is 28.3 Å². The van der Waals surface area contributed by atoms with Crippen molar-refractivity contribution in [1.29, 1.82) is 0 Å². The molecule has 0 unspecified atom stereocenters. The highest BCUT2D eigenvalue weighted by atomic mass is 19.1. The Bertz CT molecular complexity index is 1260. The molecule has 5 rings (SSSR count). The maximum Gasteiger partial charge on any atom is 0.343 e. The molecule has 4 heterocycles. The molecule has 2 aromatic heterocycles. The number of benzene rings is 1. The van der Waals surface area contributed by atoms with Crippen molar-refractivity contribution < 1.29 is 19.0 Å². The molecule has 2 aliphatic heterocycles. The molecule has 1 N–H and O–H groups in total. The number of aromatic nitrogens is 2. The number of carbonyl (C=O) groups is 1. The fourth-order valence-electron chi connectivity index (χ4n) is 4.25. The first-order chi connectivity index (χ1) is 13.3. The molecule has 3 aromatic rings. The van der Waals surface area contributed by atoms with Crippen molar-refractivity contribution in [3.8, 4) is 11.4 Å². The van der Waals surface area contributed by atoms with Gasteiger partial charge in [0.15, 0.2) is 5.60 Å². The Morgan fingerprint density at radius 1 is 1.29 bits per heavy atom. The normalized spacial score (nSPS) is 19.9. The van der Waals surface area contributed by atoms with E-state index in [1.807, 2.05) is 6.92 Å². The van der Waals surface area contributed by atoms with E-state index in [4.69, 9.17) is 4.74 Å². The van der Waals surface area contributed by atoms with Crippen molar-refractivity contribution in [1.82, 2.24) is 9.55 Å². The average molecular weight is 380 g/mol. The van der Waals surface area contributed by atoms with E-state index in [1.165, 1.54) is 12.1 Å². The highest BCUT2D eigenvalue weighted by molar-refractivity contribution is 5.88. The van der Waals surface area contributed by atoms with Crippen LogP contribution in [0.15, 0.2) is 29.1 Å². The first kappa shape index (κ1) is 17.1. The lowest BCUT2D eigenvalue weighted by molar-refractivity contribution is -0.172. The van der Waals surface area contributed by atoms with Crippen molar-refractivity contribution in [2.45, 2.75) is 39.0 Å². The maximum absolute atomic E-state index is 13.7. The number of aryl methyl sites for hydroxylation is 1. The molecule has 0 amide bonds. The van der Waals surface area contributed by atoms with Gasteiger partial charge in [-0.3, -0.25) is 4.79 Å². The number of esters is 1. The van der Waals surface area contributed by atoms with Crippen LogP contribution >= 0.6 is 0 Å². The molecule has 2 aliphatic rings. The Hall–Kier alpha value is -3.06. The second kappa shape index (κ2) is 5.48. The molecule has 0 spiro atoms. The average Bonchev–Trinajstić information content (AvgIpc) is 3.05. The van der Waals surface area contributed by atoms with Gasteiger partial charge in [-0.15, -0.1) is 0 Å². The summed E-state index contributed by atoms with van der Waals surface area (Å²) >= 11 is 0. The van der Waals surface area contributed by atoms with Crippen LogP contribution in [0.5, 0.6) is 0 Å². The molecule has 28 heavy (non-hydrogen) atoms. The number of rotatable bonds is 1. The quantitative estimate of drug-likeness (QED) is 0.513. The predicted octanol–water partition coefficient (Wildman–Crippen LogP) is 2.53. The zero-order valence-corrected chi connectivity index (χ0v) is 15.4. The van der Waals surface area contributed by atoms with Gasteiger partial charge < -0.3 is 14.4 Å². The van der Waals surface area contributed by atoms with Crippen LogP contribution in [0.25, 0.3) is 22.3 Å². The summed E-state index contributed by atoms with van der Waals surface area (Å²) in [5.74, 6) is -1.09. The molecular weight excluding hydrogens is 363 g/mol. The van der Waals surface area contributed by atoms with Crippen molar-refractivity contribution in [2.75, 3.05) is 0 Å². The van der Waals surface area contributed by atoms with Crippen LogP contribution in [0.2, 0.25) is 0 Å². The summed E-state index contributed by atoms with van der Waals surface area (Å²) < 4.78 is 20.4. The second-order valence-electron chi connectivity index (χ2n) is 7.33. The van der Waals surface area contributed by atoms with Crippen LogP contribution < -0.4 is 5.56 Å². The monoisotopic (exact) mass is 380 g/mol. The van der Waals surface area contributed by atoms with Gasteiger partial charge in [-0.25, -0.2) is 14.2 Å².